The molecule has 0 spiro atoms. The fourth-order valence-corrected chi connectivity index (χ4v) is 2.21. The van der Waals surface area contributed by atoms with Crippen molar-refractivity contribution in [1.29, 1.82) is 0 Å². The minimum Gasteiger partial charge on any atom is -0.478 e. The summed E-state index contributed by atoms with van der Waals surface area (Å²) < 4.78 is 0. The standard InChI is InChI=1S/C14H13NO3/c1-8-12(13(14(17)18)9(2)15-8)11-6-4-3-5-10(11)7-16/h3-7,15H,1-2H3,(H,17,18). The number of hydrogen-bond acceptors (Lipinski definition) is 2. The second-order valence-corrected chi connectivity index (χ2v) is 4.14. The smallest absolute Gasteiger partial charge is 0.338 e. The van der Waals surface area contributed by atoms with Crippen molar-refractivity contribution in [2.45, 2.75) is 13.8 Å². The van der Waals surface area contributed by atoms with Crippen molar-refractivity contribution in [2.24, 2.45) is 0 Å². The van der Waals surface area contributed by atoms with E-state index in [2.05, 4.69) is 4.98 Å². The highest BCUT2D eigenvalue weighted by Gasteiger charge is 2.21. The molecule has 1 heterocycles. The van der Waals surface area contributed by atoms with Crippen molar-refractivity contribution in [3.63, 3.8) is 0 Å². The van der Waals surface area contributed by atoms with Crippen molar-refractivity contribution in [2.75, 3.05) is 0 Å². The molecule has 0 aliphatic heterocycles. The second kappa shape index (κ2) is 4.49. The molecule has 2 aromatic rings. The molecule has 0 bridgehead atoms. The van der Waals surface area contributed by atoms with Gasteiger partial charge in [-0.3, -0.25) is 4.79 Å². The first-order valence-electron chi connectivity index (χ1n) is 5.53. The Balaban J connectivity index is 2.78. The molecule has 0 saturated heterocycles. The molecule has 0 atom stereocenters. The zero-order valence-corrected chi connectivity index (χ0v) is 10.2. The van der Waals surface area contributed by atoms with Crippen molar-refractivity contribution < 1.29 is 14.7 Å². The number of benzene rings is 1. The van der Waals surface area contributed by atoms with E-state index in [9.17, 15) is 14.7 Å². The normalized spacial score (nSPS) is 10.3. The van der Waals surface area contributed by atoms with Crippen LogP contribution in [0, 0.1) is 13.8 Å². The van der Waals surface area contributed by atoms with Crippen LogP contribution in [0.15, 0.2) is 24.3 Å². The molecule has 0 radical (unpaired) electrons. The van der Waals surface area contributed by atoms with Crippen molar-refractivity contribution >= 4 is 12.3 Å². The summed E-state index contributed by atoms with van der Waals surface area (Å²) in [5.41, 5.74) is 3.29. The summed E-state index contributed by atoms with van der Waals surface area (Å²) in [7, 11) is 0. The maximum atomic E-state index is 11.3. The van der Waals surface area contributed by atoms with Gasteiger partial charge in [0, 0.05) is 22.5 Å². The van der Waals surface area contributed by atoms with Crippen LogP contribution in [0.5, 0.6) is 0 Å². The molecule has 18 heavy (non-hydrogen) atoms. The van der Waals surface area contributed by atoms with Crippen molar-refractivity contribution in [3.05, 3.63) is 46.8 Å². The van der Waals surface area contributed by atoms with Crippen molar-refractivity contribution in [3.8, 4) is 11.1 Å². The van der Waals surface area contributed by atoms with Crippen molar-refractivity contribution in [1.82, 2.24) is 4.98 Å². The van der Waals surface area contributed by atoms with Crippen LogP contribution in [-0.2, 0) is 0 Å². The Morgan fingerprint density at radius 2 is 1.89 bits per heavy atom. The number of carboxylic acids is 1. The number of carboxylic acid groups (broad SMARTS) is 1. The SMILES string of the molecule is Cc1[nH]c(C)c(-c2ccccc2C=O)c1C(=O)O. The van der Waals surface area contributed by atoms with Gasteiger partial charge in [0.05, 0.1) is 5.56 Å². The minimum absolute atomic E-state index is 0.224. The lowest BCUT2D eigenvalue weighted by Crippen LogP contribution is -2.00. The van der Waals surface area contributed by atoms with Gasteiger partial charge in [-0.1, -0.05) is 24.3 Å². The first-order valence-corrected chi connectivity index (χ1v) is 5.53. The molecule has 0 aliphatic carbocycles. The van der Waals surface area contributed by atoms with Crippen LogP contribution in [0.3, 0.4) is 0 Å². The van der Waals surface area contributed by atoms with Gasteiger partial charge >= 0.3 is 5.97 Å². The van der Waals surface area contributed by atoms with E-state index in [1.54, 1.807) is 38.1 Å². The molecule has 0 unspecified atom stereocenters. The summed E-state index contributed by atoms with van der Waals surface area (Å²) in [5.74, 6) is -0.993. The third kappa shape index (κ3) is 1.82. The molecular formula is C14H13NO3. The Morgan fingerprint density at radius 3 is 2.50 bits per heavy atom. The van der Waals surface area contributed by atoms with E-state index >= 15 is 0 Å². The number of hydrogen-bond donors (Lipinski definition) is 2. The average molecular weight is 243 g/mol. The zero-order chi connectivity index (χ0) is 13.3. The molecule has 4 heteroatoms. The molecule has 2 rings (SSSR count). The monoisotopic (exact) mass is 243 g/mol. The fourth-order valence-electron chi connectivity index (χ4n) is 2.21. The molecule has 1 aromatic heterocycles. The Morgan fingerprint density at radius 1 is 1.22 bits per heavy atom. The molecule has 0 fully saturated rings. The van der Waals surface area contributed by atoms with Crippen LogP contribution in [0.2, 0.25) is 0 Å². The van der Waals surface area contributed by atoms with Crippen LogP contribution < -0.4 is 0 Å². The maximum Gasteiger partial charge on any atom is 0.338 e. The average Bonchev–Trinajstić information content (AvgIpc) is 2.64. The first kappa shape index (κ1) is 12.1. The molecule has 4 nitrogen and oxygen atoms in total. The Bertz CT molecular complexity index is 626. The van der Waals surface area contributed by atoms with Gasteiger partial charge in [-0.05, 0) is 19.4 Å². The predicted octanol–water partition coefficient (Wildman–Crippen LogP) is 2.81. The lowest BCUT2D eigenvalue weighted by atomic mass is 9.96. The van der Waals surface area contributed by atoms with Gasteiger partial charge in [0.2, 0.25) is 0 Å². The number of nitrogens with one attached hydrogen (secondary N) is 1. The maximum absolute atomic E-state index is 11.3. The van der Waals surface area contributed by atoms with Gasteiger partial charge in [-0.15, -0.1) is 0 Å². The predicted molar refractivity (Wildman–Crippen MR) is 68.0 cm³/mol. The van der Waals surface area contributed by atoms with Gasteiger partial charge in [0.25, 0.3) is 0 Å². The topological polar surface area (TPSA) is 70.2 Å². The number of carbonyl (C=O) groups excluding carboxylic acids is 1. The number of aromatic nitrogens is 1. The van der Waals surface area contributed by atoms with E-state index in [-0.39, 0.29) is 5.56 Å². The van der Waals surface area contributed by atoms with Crippen LogP contribution in [0.25, 0.3) is 11.1 Å². The summed E-state index contributed by atoms with van der Waals surface area (Å²) in [6, 6.07) is 6.97. The third-order valence-electron chi connectivity index (χ3n) is 2.95. The molecule has 92 valence electrons. The summed E-state index contributed by atoms with van der Waals surface area (Å²) in [4.78, 5) is 25.4. The number of rotatable bonds is 3. The van der Waals surface area contributed by atoms with E-state index in [1.165, 1.54) is 0 Å². The highest BCUT2D eigenvalue weighted by atomic mass is 16.4. The largest absolute Gasteiger partial charge is 0.478 e. The lowest BCUT2D eigenvalue weighted by molar-refractivity contribution is 0.0697. The van der Waals surface area contributed by atoms with Gasteiger partial charge in [-0.2, -0.15) is 0 Å². The lowest BCUT2D eigenvalue weighted by Gasteiger charge is -2.06. The van der Waals surface area contributed by atoms with Gasteiger partial charge < -0.3 is 10.1 Å². The Labute approximate surface area is 104 Å². The number of aryl methyl sites for hydroxylation is 2. The Hall–Kier alpha value is -2.36. The zero-order valence-electron chi connectivity index (χ0n) is 10.2. The molecule has 0 aliphatic rings. The van der Waals surface area contributed by atoms with Gasteiger partial charge in [0.1, 0.15) is 0 Å². The van der Waals surface area contributed by atoms with E-state index in [4.69, 9.17) is 0 Å². The summed E-state index contributed by atoms with van der Waals surface area (Å²) in [5, 5.41) is 9.28. The number of H-pyrrole nitrogens is 1. The van der Waals surface area contributed by atoms with Crippen LogP contribution in [-0.4, -0.2) is 22.3 Å². The number of aromatic carboxylic acids is 1. The number of carbonyl (C=O) groups is 2. The van der Waals surface area contributed by atoms with Crippen LogP contribution >= 0.6 is 0 Å². The fraction of sp³-hybridized carbons (Fsp3) is 0.143. The van der Waals surface area contributed by atoms with E-state index < -0.39 is 5.97 Å². The molecule has 1 aromatic carbocycles. The molecule has 0 amide bonds. The van der Waals surface area contributed by atoms with E-state index in [1.807, 2.05) is 0 Å². The van der Waals surface area contributed by atoms with Crippen LogP contribution in [0.1, 0.15) is 32.1 Å². The first-order chi connectivity index (χ1) is 8.56. The minimum atomic E-state index is -0.993. The number of aldehydes is 1. The van der Waals surface area contributed by atoms with Gasteiger partial charge in [-0.25, -0.2) is 4.79 Å². The van der Waals surface area contributed by atoms with E-state index in [0.29, 0.717) is 22.4 Å². The Kier molecular flexibility index (Phi) is 3.02. The second-order valence-electron chi connectivity index (χ2n) is 4.14. The highest BCUT2D eigenvalue weighted by Crippen LogP contribution is 2.31. The number of aromatic amines is 1. The molecular weight excluding hydrogens is 230 g/mol. The summed E-state index contributed by atoms with van der Waals surface area (Å²) >= 11 is 0. The quantitative estimate of drug-likeness (QED) is 0.814. The van der Waals surface area contributed by atoms with E-state index in [0.717, 1.165) is 12.0 Å². The molecule has 0 saturated carbocycles. The van der Waals surface area contributed by atoms with Crippen LogP contribution in [0.4, 0.5) is 0 Å². The third-order valence-corrected chi connectivity index (χ3v) is 2.95. The highest BCUT2D eigenvalue weighted by molar-refractivity contribution is 6.01. The molecule has 2 N–H and O–H groups in total. The summed E-state index contributed by atoms with van der Waals surface area (Å²) in [6.45, 7) is 3.51. The van der Waals surface area contributed by atoms with Gasteiger partial charge in [0.15, 0.2) is 6.29 Å². The summed E-state index contributed by atoms with van der Waals surface area (Å²) in [6.07, 6.45) is 0.739.